The first-order valence-corrected chi connectivity index (χ1v) is 8.75. The highest BCUT2D eigenvalue weighted by Gasteiger charge is 2.36. The first-order chi connectivity index (χ1) is 14.1. The number of aromatic amines is 1. The summed E-state index contributed by atoms with van der Waals surface area (Å²) in [5.74, 6) is -2.92. The number of H-pyrrole nitrogens is 1. The number of carbonyl (C=O) groups excluding carboxylic acids is 2. The topological polar surface area (TPSA) is 122 Å². The lowest BCUT2D eigenvalue weighted by Gasteiger charge is -2.26. The molecule has 0 aliphatic carbocycles. The summed E-state index contributed by atoms with van der Waals surface area (Å²) in [5.41, 5.74) is -2.93. The average Bonchev–Trinajstić information content (AvgIpc) is 2.66. The molecule has 0 bridgehead atoms. The van der Waals surface area contributed by atoms with Crippen LogP contribution in [-0.2, 0) is 27.0 Å². The van der Waals surface area contributed by atoms with Crippen LogP contribution in [0.25, 0.3) is 0 Å². The van der Waals surface area contributed by atoms with Crippen molar-refractivity contribution in [3.05, 3.63) is 56.2 Å². The van der Waals surface area contributed by atoms with Crippen LogP contribution >= 0.6 is 0 Å². The molecule has 30 heavy (non-hydrogen) atoms. The van der Waals surface area contributed by atoms with Gasteiger partial charge in [-0.1, -0.05) is 6.07 Å². The Morgan fingerprint density at radius 3 is 2.70 bits per heavy atom. The number of rotatable bonds is 5. The minimum atomic E-state index is -4.60. The number of hydrogen-bond acceptors (Lipinski definition) is 5. The van der Waals surface area contributed by atoms with Gasteiger partial charge in [0.1, 0.15) is 5.82 Å². The monoisotopic (exact) mass is 426 g/mol. The van der Waals surface area contributed by atoms with Gasteiger partial charge in [0.25, 0.3) is 5.56 Å². The molecule has 3 N–H and O–H groups in total. The van der Waals surface area contributed by atoms with Crippen molar-refractivity contribution < 1.29 is 27.5 Å². The van der Waals surface area contributed by atoms with E-state index >= 15 is 0 Å². The number of hydrogen-bond donors (Lipinski definition) is 3. The van der Waals surface area contributed by atoms with Crippen LogP contribution in [-0.4, -0.2) is 35.1 Å². The molecular formula is C18H17F3N4O5. The quantitative estimate of drug-likeness (QED) is 0.665. The molecule has 0 radical (unpaired) electrons. The van der Waals surface area contributed by atoms with E-state index in [1.165, 1.54) is 13.2 Å². The first kappa shape index (κ1) is 21.3. The third-order valence-corrected chi connectivity index (χ3v) is 4.52. The van der Waals surface area contributed by atoms with Gasteiger partial charge in [-0.2, -0.15) is 13.2 Å². The van der Waals surface area contributed by atoms with Crippen molar-refractivity contribution in [1.29, 1.82) is 0 Å². The molecule has 0 unspecified atom stereocenters. The second kappa shape index (κ2) is 8.14. The predicted molar refractivity (Wildman–Crippen MR) is 99.3 cm³/mol. The predicted octanol–water partition coefficient (Wildman–Crippen LogP) is 1.27. The number of halogens is 3. The molecule has 2 heterocycles. The zero-order valence-corrected chi connectivity index (χ0v) is 15.6. The van der Waals surface area contributed by atoms with Crippen molar-refractivity contribution >= 4 is 23.3 Å². The summed E-state index contributed by atoms with van der Waals surface area (Å²) in [4.78, 5) is 51.5. The summed E-state index contributed by atoms with van der Waals surface area (Å²) in [7, 11) is 1.40. The number of nitrogens with one attached hydrogen (secondary N) is 3. The summed E-state index contributed by atoms with van der Waals surface area (Å²) in [6, 6.07) is 3.96. The van der Waals surface area contributed by atoms with Gasteiger partial charge in [-0.3, -0.25) is 23.9 Å². The number of carbonyl (C=O) groups is 2. The van der Waals surface area contributed by atoms with Gasteiger partial charge in [-0.15, -0.1) is 0 Å². The van der Waals surface area contributed by atoms with Gasteiger partial charge >= 0.3 is 11.9 Å². The molecule has 1 atom stereocenters. The maximum Gasteiger partial charge on any atom is 0.416 e. The summed E-state index contributed by atoms with van der Waals surface area (Å²) in [5, 5.41) is 4.72. The molecule has 1 aromatic heterocycles. The molecule has 12 heteroatoms. The van der Waals surface area contributed by atoms with Gasteiger partial charge in [-0.25, -0.2) is 4.79 Å². The minimum Gasteiger partial charge on any atom is -0.383 e. The van der Waals surface area contributed by atoms with Gasteiger partial charge in [0.2, 0.25) is 11.8 Å². The van der Waals surface area contributed by atoms with Crippen LogP contribution in [0, 0.1) is 0 Å². The second-order valence-corrected chi connectivity index (χ2v) is 6.54. The normalized spacial score (nSPS) is 16.0. The number of alkyl halides is 3. The van der Waals surface area contributed by atoms with E-state index in [-0.39, 0.29) is 30.2 Å². The molecule has 1 aromatic carbocycles. The van der Waals surface area contributed by atoms with Crippen molar-refractivity contribution in [2.24, 2.45) is 0 Å². The number of methoxy groups -OCH3 is 1. The Kier molecular flexibility index (Phi) is 5.78. The highest BCUT2D eigenvalue weighted by atomic mass is 19.4. The Bertz CT molecular complexity index is 1110. The third-order valence-electron chi connectivity index (χ3n) is 4.52. The minimum absolute atomic E-state index is 0.00328. The van der Waals surface area contributed by atoms with E-state index in [0.29, 0.717) is 0 Å². The van der Waals surface area contributed by atoms with E-state index < -0.39 is 47.1 Å². The number of amides is 2. The van der Waals surface area contributed by atoms with Crippen LogP contribution in [0.4, 0.5) is 24.7 Å². The van der Waals surface area contributed by atoms with Crippen LogP contribution in [0.15, 0.2) is 33.9 Å². The number of nitrogens with zero attached hydrogens (tertiary/aromatic N) is 1. The van der Waals surface area contributed by atoms with E-state index in [9.17, 15) is 32.3 Å². The van der Waals surface area contributed by atoms with E-state index in [0.717, 1.165) is 22.8 Å². The molecule has 2 aromatic rings. The molecule has 1 aliphatic rings. The van der Waals surface area contributed by atoms with Gasteiger partial charge in [0.15, 0.2) is 0 Å². The molecule has 0 spiro atoms. The highest BCUT2D eigenvalue weighted by molar-refractivity contribution is 6.04. The van der Waals surface area contributed by atoms with E-state index in [2.05, 4.69) is 15.6 Å². The molecule has 0 saturated heterocycles. The van der Waals surface area contributed by atoms with Gasteiger partial charge in [0.05, 0.1) is 30.2 Å². The SMILES string of the molecule is COCCn1c2c(c(=O)[nH]c1=O)[C@H](C(=O)Nc1cccc(C(F)(F)F)c1)CC(=O)N2. The molecule has 160 valence electrons. The fourth-order valence-corrected chi connectivity index (χ4v) is 3.14. The Balaban J connectivity index is 1.99. The Morgan fingerprint density at radius 1 is 1.30 bits per heavy atom. The van der Waals surface area contributed by atoms with Crippen LogP contribution in [0.1, 0.15) is 23.5 Å². The van der Waals surface area contributed by atoms with Gasteiger partial charge in [0, 0.05) is 19.2 Å². The maximum atomic E-state index is 12.9. The van der Waals surface area contributed by atoms with E-state index in [1.54, 1.807) is 0 Å². The smallest absolute Gasteiger partial charge is 0.383 e. The van der Waals surface area contributed by atoms with Crippen LogP contribution in [0.3, 0.4) is 0 Å². The van der Waals surface area contributed by atoms with Gasteiger partial charge < -0.3 is 15.4 Å². The summed E-state index contributed by atoms with van der Waals surface area (Å²) in [6.07, 6.45) is -5.02. The zero-order valence-electron chi connectivity index (χ0n) is 15.6. The summed E-state index contributed by atoms with van der Waals surface area (Å²) < 4.78 is 44.6. The largest absolute Gasteiger partial charge is 0.416 e. The van der Waals surface area contributed by atoms with Crippen LogP contribution in [0.2, 0.25) is 0 Å². The molecule has 9 nitrogen and oxygen atoms in total. The third kappa shape index (κ3) is 4.27. The Labute approximate surface area is 166 Å². The van der Waals surface area contributed by atoms with E-state index in [4.69, 9.17) is 4.74 Å². The molecule has 1 aliphatic heterocycles. The van der Waals surface area contributed by atoms with E-state index in [1.807, 2.05) is 0 Å². The van der Waals surface area contributed by atoms with Crippen molar-refractivity contribution in [3.63, 3.8) is 0 Å². The lowest BCUT2D eigenvalue weighted by molar-refractivity contribution is -0.137. The fourth-order valence-electron chi connectivity index (χ4n) is 3.14. The lowest BCUT2D eigenvalue weighted by Crippen LogP contribution is -2.43. The highest BCUT2D eigenvalue weighted by Crippen LogP contribution is 2.32. The summed E-state index contributed by atoms with van der Waals surface area (Å²) >= 11 is 0. The summed E-state index contributed by atoms with van der Waals surface area (Å²) in [6.45, 7) is 0.0893. The molecule has 0 saturated carbocycles. The maximum absolute atomic E-state index is 12.9. The first-order valence-electron chi connectivity index (χ1n) is 8.75. The lowest BCUT2D eigenvalue weighted by atomic mass is 9.92. The number of fused-ring (bicyclic) bond motifs is 1. The molecule has 3 rings (SSSR count). The fraction of sp³-hybridized carbons (Fsp3) is 0.333. The average molecular weight is 426 g/mol. The number of anilines is 2. The van der Waals surface area contributed by atoms with Crippen LogP contribution in [0.5, 0.6) is 0 Å². The van der Waals surface area contributed by atoms with Crippen molar-refractivity contribution in [3.8, 4) is 0 Å². The second-order valence-electron chi connectivity index (χ2n) is 6.54. The Hall–Kier alpha value is -3.41. The zero-order chi connectivity index (χ0) is 22.1. The van der Waals surface area contributed by atoms with Crippen LogP contribution < -0.4 is 21.9 Å². The van der Waals surface area contributed by atoms with Crippen molar-refractivity contribution in [2.75, 3.05) is 24.4 Å². The van der Waals surface area contributed by atoms with Crippen molar-refractivity contribution in [2.45, 2.75) is 25.1 Å². The standard InChI is InChI=1S/C18H17F3N4O5/c1-30-6-5-25-14-13(16(28)24-17(25)29)11(8-12(26)23-14)15(27)22-10-4-2-3-9(7-10)18(19,20)21/h2-4,7,11H,5-6,8H2,1H3,(H,22,27)(H,23,26)(H,24,28,29)/t11-/m1/s1. The number of benzene rings is 1. The number of ether oxygens (including phenoxy) is 1. The number of aromatic nitrogens is 2. The van der Waals surface area contributed by atoms with Gasteiger partial charge in [-0.05, 0) is 18.2 Å². The van der Waals surface area contributed by atoms with Crippen molar-refractivity contribution in [1.82, 2.24) is 9.55 Å². The Morgan fingerprint density at radius 2 is 2.03 bits per heavy atom. The molecule has 2 amide bonds. The molecular weight excluding hydrogens is 409 g/mol. The molecule has 0 fully saturated rings.